The second kappa shape index (κ2) is 5.40. The van der Waals surface area contributed by atoms with Gasteiger partial charge in [0.2, 0.25) is 5.91 Å². The summed E-state index contributed by atoms with van der Waals surface area (Å²) >= 11 is 6.53. The van der Waals surface area contributed by atoms with E-state index in [0.29, 0.717) is 25.9 Å². The molecule has 1 atom stereocenters. The number of benzene rings is 2. The van der Waals surface area contributed by atoms with Crippen LogP contribution in [0.3, 0.4) is 0 Å². The number of amides is 1. The molecule has 1 aliphatic rings. The van der Waals surface area contributed by atoms with E-state index < -0.39 is 11.9 Å². The highest BCUT2D eigenvalue weighted by Gasteiger charge is 2.28. The first-order valence-electron chi connectivity index (χ1n) is 5.98. The molecule has 1 aliphatic heterocycles. The van der Waals surface area contributed by atoms with Gasteiger partial charge in [-0.15, -0.1) is 0 Å². The fourth-order valence-electron chi connectivity index (χ4n) is 2.04. The highest BCUT2D eigenvalue weighted by Crippen LogP contribution is 2.40. The number of carbonyl (C=O) groups excluding carboxylic acids is 1. The molecular formula is C14H9Br2FN2O2. The molecule has 3 N–H and O–H groups in total. The van der Waals surface area contributed by atoms with E-state index in [4.69, 9.17) is 10.5 Å². The smallest absolute Gasteiger partial charge is 0.245 e. The maximum atomic E-state index is 13.8. The number of ether oxygens (including phenoxy) is 1. The van der Waals surface area contributed by atoms with Crippen molar-refractivity contribution in [3.8, 4) is 11.5 Å². The summed E-state index contributed by atoms with van der Waals surface area (Å²) in [6, 6.07) is 7.12. The first-order valence-corrected chi connectivity index (χ1v) is 7.57. The van der Waals surface area contributed by atoms with Gasteiger partial charge in [-0.3, -0.25) is 4.79 Å². The van der Waals surface area contributed by atoms with Gasteiger partial charge >= 0.3 is 0 Å². The summed E-state index contributed by atoms with van der Waals surface area (Å²) in [5, 5.41) is 2.66. The van der Waals surface area contributed by atoms with Crippen LogP contribution in [0.15, 0.2) is 39.3 Å². The predicted molar refractivity (Wildman–Crippen MR) is 83.9 cm³/mol. The van der Waals surface area contributed by atoms with Crippen LogP contribution in [0.5, 0.6) is 11.5 Å². The number of carbonyl (C=O) groups is 1. The van der Waals surface area contributed by atoms with Crippen LogP contribution in [0.1, 0.15) is 11.6 Å². The maximum Gasteiger partial charge on any atom is 0.245 e. The second-order valence-electron chi connectivity index (χ2n) is 4.51. The second-order valence-corrected chi connectivity index (χ2v) is 6.28. The van der Waals surface area contributed by atoms with Gasteiger partial charge in [-0.1, -0.05) is 15.9 Å². The first kappa shape index (κ1) is 14.5. The molecule has 3 rings (SSSR count). The molecule has 0 saturated heterocycles. The van der Waals surface area contributed by atoms with Crippen LogP contribution in [0, 0.1) is 5.82 Å². The van der Waals surface area contributed by atoms with E-state index in [0.717, 1.165) is 0 Å². The molecule has 1 amide bonds. The van der Waals surface area contributed by atoms with E-state index in [9.17, 15) is 9.18 Å². The number of rotatable bonds is 2. The van der Waals surface area contributed by atoms with Gasteiger partial charge < -0.3 is 15.8 Å². The lowest BCUT2D eigenvalue weighted by Crippen LogP contribution is -2.19. The van der Waals surface area contributed by atoms with Crippen molar-refractivity contribution in [2.45, 2.75) is 6.04 Å². The van der Waals surface area contributed by atoms with Crippen molar-refractivity contribution in [1.29, 1.82) is 0 Å². The highest BCUT2D eigenvalue weighted by atomic mass is 79.9. The van der Waals surface area contributed by atoms with E-state index in [1.54, 1.807) is 18.2 Å². The highest BCUT2D eigenvalue weighted by molar-refractivity contribution is 9.10. The largest absolute Gasteiger partial charge is 0.453 e. The lowest BCUT2D eigenvalue weighted by molar-refractivity contribution is -0.116. The van der Waals surface area contributed by atoms with Crippen molar-refractivity contribution in [1.82, 2.24) is 0 Å². The minimum absolute atomic E-state index is 0.0903. The number of hydrogen-bond donors (Lipinski definition) is 2. The Morgan fingerprint density at radius 1 is 1.19 bits per heavy atom. The monoisotopic (exact) mass is 414 g/mol. The Bertz CT molecular complexity index is 752. The Hall–Kier alpha value is -1.44. The molecule has 1 unspecified atom stereocenters. The van der Waals surface area contributed by atoms with Gasteiger partial charge in [0.15, 0.2) is 11.6 Å². The van der Waals surface area contributed by atoms with Crippen molar-refractivity contribution in [2.75, 3.05) is 5.32 Å². The molecule has 7 heteroatoms. The Labute approximate surface area is 136 Å². The van der Waals surface area contributed by atoms with E-state index in [1.165, 1.54) is 12.1 Å². The van der Waals surface area contributed by atoms with Crippen LogP contribution in [-0.4, -0.2) is 5.91 Å². The summed E-state index contributed by atoms with van der Waals surface area (Å²) < 4.78 is 20.6. The van der Waals surface area contributed by atoms with Gasteiger partial charge in [0.1, 0.15) is 11.8 Å². The Balaban J connectivity index is 1.97. The molecule has 0 bridgehead atoms. The molecule has 0 aliphatic carbocycles. The third-order valence-electron chi connectivity index (χ3n) is 3.09. The Kier molecular flexibility index (Phi) is 3.73. The molecule has 0 spiro atoms. The molecule has 2 aromatic carbocycles. The van der Waals surface area contributed by atoms with Gasteiger partial charge in [0.25, 0.3) is 0 Å². The van der Waals surface area contributed by atoms with Crippen molar-refractivity contribution in [2.24, 2.45) is 5.73 Å². The summed E-state index contributed by atoms with van der Waals surface area (Å²) in [5.74, 6) is -0.279. The van der Waals surface area contributed by atoms with Gasteiger partial charge in [-0.2, -0.15) is 0 Å². The van der Waals surface area contributed by atoms with Gasteiger partial charge in [-0.25, -0.2) is 4.39 Å². The molecule has 2 aromatic rings. The van der Waals surface area contributed by atoms with Gasteiger partial charge in [0, 0.05) is 21.8 Å². The molecule has 21 heavy (non-hydrogen) atoms. The standard InChI is InChI=1S/C14H9Br2FN2O2/c15-6-1-2-11(9(17)3-6)21-12-5-10-7(4-8(12)16)13(18)14(20)19-10/h1-5,13H,18H2,(H,19,20). The average Bonchev–Trinajstić information content (AvgIpc) is 2.69. The van der Waals surface area contributed by atoms with Crippen molar-refractivity contribution in [3.63, 3.8) is 0 Å². The number of nitrogens with one attached hydrogen (secondary N) is 1. The number of hydrogen-bond acceptors (Lipinski definition) is 3. The number of anilines is 1. The zero-order valence-electron chi connectivity index (χ0n) is 10.5. The topological polar surface area (TPSA) is 64.4 Å². The van der Waals surface area contributed by atoms with Crippen LogP contribution in [0.2, 0.25) is 0 Å². The van der Waals surface area contributed by atoms with Gasteiger partial charge in [0.05, 0.1) is 4.47 Å². The fourth-order valence-corrected chi connectivity index (χ4v) is 2.82. The predicted octanol–water partition coefficient (Wildman–Crippen LogP) is 4.09. The minimum Gasteiger partial charge on any atom is -0.453 e. The third-order valence-corrected chi connectivity index (χ3v) is 4.21. The lowest BCUT2D eigenvalue weighted by Gasteiger charge is -2.11. The number of fused-ring (bicyclic) bond motifs is 1. The molecule has 0 aromatic heterocycles. The quantitative estimate of drug-likeness (QED) is 0.776. The van der Waals surface area contributed by atoms with E-state index in [1.807, 2.05) is 0 Å². The SMILES string of the molecule is NC1C(=O)Nc2cc(Oc3ccc(Br)cc3F)c(Br)cc21. The summed E-state index contributed by atoms with van der Waals surface area (Å²) in [5.41, 5.74) is 7.01. The third kappa shape index (κ3) is 2.68. The molecule has 4 nitrogen and oxygen atoms in total. The van der Waals surface area contributed by atoms with Crippen LogP contribution < -0.4 is 15.8 Å². The Morgan fingerprint density at radius 2 is 1.95 bits per heavy atom. The number of nitrogens with two attached hydrogens (primary N) is 1. The summed E-state index contributed by atoms with van der Waals surface area (Å²) in [4.78, 5) is 11.5. The number of halogens is 3. The van der Waals surface area contributed by atoms with E-state index >= 15 is 0 Å². The molecule has 0 radical (unpaired) electrons. The van der Waals surface area contributed by atoms with Crippen molar-refractivity contribution >= 4 is 43.5 Å². The zero-order chi connectivity index (χ0) is 15.1. The molecule has 0 fully saturated rings. The van der Waals surface area contributed by atoms with Crippen LogP contribution in [-0.2, 0) is 4.79 Å². The fraction of sp³-hybridized carbons (Fsp3) is 0.0714. The van der Waals surface area contributed by atoms with Crippen LogP contribution in [0.4, 0.5) is 10.1 Å². The van der Waals surface area contributed by atoms with Crippen molar-refractivity contribution < 1.29 is 13.9 Å². The maximum absolute atomic E-state index is 13.8. The van der Waals surface area contributed by atoms with Gasteiger partial charge in [-0.05, 0) is 40.2 Å². The Morgan fingerprint density at radius 3 is 2.67 bits per heavy atom. The van der Waals surface area contributed by atoms with Crippen LogP contribution >= 0.6 is 31.9 Å². The summed E-state index contributed by atoms with van der Waals surface area (Å²) in [6.45, 7) is 0. The van der Waals surface area contributed by atoms with Crippen LogP contribution in [0.25, 0.3) is 0 Å². The van der Waals surface area contributed by atoms with E-state index in [-0.39, 0.29) is 11.7 Å². The normalized spacial score (nSPS) is 16.6. The molecule has 1 heterocycles. The average molecular weight is 416 g/mol. The molecule has 0 saturated carbocycles. The zero-order valence-corrected chi connectivity index (χ0v) is 13.7. The minimum atomic E-state index is -0.699. The van der Waals surface area contributed by atoms with E-state index in [2.05, 4.69) is 37.2 Å². The lowest BCUT2D eigenvalue weighted by atomic mass is 10.1. The summed E-state index contributed by atoms with van der Waals surface area (Å²) in [6.07, 6.45) is 0. The molecule has 108 valence electrons. The molecular weight excluding hydrogens is 407 g/mol. The summed E-state index contributed by atoms with van der Waals surface area (Å²) in [7, 11) is 0. The first-order chi connectivity index (χ1) is 9.95. The van der Waals surface area contributed by atoms with Crippen molar-refractivity contribution in [3.05, 3.63) is 50.7 Å².